The second-order valence-electron chi connectivity index (χ2n) is 2.84. The molecule has 0 aromatic heterocycles. The number of thioether (sulfide) groups is 1. The van der Waals surface area contributed by atoms with Gasteiger partial charge in [-0.15, -0.1) is 11.8 Å². The Hall–Kier alpha value is -0.700. The first-order chi connectivity index (χ1) is 5.79. The van der Waals surface area contributed by atoms with Crippen LogP contribution in [0.1, 0.15) is 12.0 Å². The largest absolute Gasteiger partial charge is 0.504 e. The monoisotopic (exact) mass is 184 g/mol. The number of phenolic OH excluding ortho intramolecular Hbond substituents is 1. The van der Waals surface area contributed by atoms with Crippen LogP contribution in [0.4, 0.5) is 4.39 Å². The minimum Gasteiger partial charge on any atom is -0.504 e. The molecule has 0 amide bonds. The van der Waals surface area contributed by atoms with Crippen LogP contribution in [0.25, 0.3) is 0 Å². The van der Waals surface area contributed by atoms with Crippen LogP contribution in [0.15, 0.2) is 17.0 Å². The number of fused-ring (bicyclic) bond motifs is 1. The number of hydrogen-bond acceptors (Lipinski definition) is 2. The Morgan fingerprint density at radius 1 is 1.42 bits per heavy atom. The van der Waals surface area contributed by atoms with Gasteiger partial charge < -0.3 is 5.11 Å². The average Bonchev–Trinajstić information content (AvgIpc) is 2.12. The third-order valence-electron chi connectivity index (χ3n) is 2.00. The van der Waals surface area contributed by atoms with Crippen LogP contribution in [-0.4, -0.2) is 10.9 Å². The van der Waals surface area contributed by atoms with Gasteiger partial charge in [-0.2, -0.15) is 0 Å². The standard InChI is InChI=1S/C9H9FOS/c10-7-4-3-6-2-1-5-12-9(6)8(7)11/h3-4,11H,1-2,5H2. The van der Waals surface area contributed by atoms with E-state index in [1.807, 2.05) is 0 Å². The van der Waals surface area contributed by atoms with Crippen molar-refractivity contribution in [2.75, 3.05) is 5.75 Å². The van der Waals surface area contributed by atoms with Crippen molar-refractivity contribution in [1.82, 2.24) is 0 Å². The maximum absolute atomic E-state index is 12.8. The number of aromatic hydroxyl groups is 1. The second kappa shape index (κ2) is 2.98. The third kappa shape index (κ3) is 1.18. The summed E-state index contributed by atoms with van der Waals surface area (Å²) in [6, 6.07) is 3.09. The molecule has 1 N–H and O–H groups in total. The van der Waals surface area contributed by atoms with Crippen LogP contribution < -0.4 is 0 Å². The normalized spacial score (nSPS) is 15.8. The van der Waals surface area contributed by atoms with Gasteiger partial charge in [-0.05, 0) is 30.2 Å². The molecule has 1 aromatic rings. The highest BCUT2D eigenvalue weighted by Gasteiger charge is 2.16. The van der Waals surface area contributed by atoms with Gasteiger partial charge in [0.05, 0.1) is 4.90 Å². The quantitative estimate of drug-likeness (QED) is 0.668. The van der Waals surface area contributed by atoms with Crippen molar-refractivity contribution in [2.45, 2.75) is 17.7 Å². The van der Waals surface area contributed by atoms with Crippen LogP contribution in [0, 0.1) is 5.82 Å². The predicted octanol–water partition coefficient (Wildman–Crippen LogP) is 2.57. The zero-order valence-corrected chi connectivity index (χ0v) is 7.33. The summed E-state index contributed by atoms with van der Waals surface area (Å²) in [5.74, 6) is 0.296. The molecule has 2 rings (SSSR count). The lowest BCUT2D eigenvalue weighted by atomic mass is 10.1. The van der Waals surface area contributed by atoms with E-state index in [4.69, 9.17) is 0 Å². The summed E-state index contributed by atoms with van der Waals surface area (Å²) in [4.78, 5) is 0.737. The van der Waals surface area contributed by atoms with Crippen molar-refractivity contribution in [3.05, 3.63) is 23.5 Å². The lowest BCUT2D eigenvalue weighted by Crippen LogP contribution is -1.99. The zero-order valence-electron chi connectivity index (χ0n) is 6.51. The molecule has 1 nitrogen and oxygen atoms in total. The number of aryl methyl sites for hydroxylation is 1. The van der Waals surface area contributed by atoms with Gasteiger partial charge in [-0.3, -0.25) is 0 Å². The summed E-state index contributed by atoms with van der Waals surface area (Å²) in [5, 5.41) is 9.35. The Balaban J connectivity index is 2.54. The highest BCUT2D eigenvalue weighted by Crippen LogP contribution is 2.38. The smallest absolute Gasteiger partial charge is 0.166 e. The minimum absolute atomic E-state index is 0.169. The molecular formula is C9H9FOS. The van der Waals surface area contributed by atoms with Crippen molar-refractivity contribution < 1.29 is 9.50 Å². The first-order valence-electron chi connectivity index (χ1n) is 3.92. The fourth-order valence-electron chi connectivity index (χ4n) is 1.38. The van der Waals surface area contributed by atoms with Gasteiger partial charge >= 0.3 is 0 Å². The maximum Gasteiger partial charge on any atom is 0.166 e. The Morgan fingerprint density at radius 3 is 3.08 bits per heavy atom. The molecule has 0 bridgehead atoms. The van der Waals surface area contributed by atoms with Gasteiger partial charge in [-0.1, -0.05) is 6.07 Å². The van der Waals surface area contributed by atoms with Gasteiger partial charge in [0.1, 0.15) is 0 Å². The zero-order chi connectivity index (χ0) is 8.55. The number of rotatable bonds is 0. The van der Waals surface area contributed by atoms with Crippen LogP contribution in [0.5, 0.6) is 5.75 Å². The van der Waals surface area contributed by atoms with E-state index in [9.17, 15) is 9.50 Å². The van der Waals surface area contributed by atoms with E-state index in [1.54, 1.807) is 6.07 Å². The molecule has 1 aromatic carbocycles. The van der Waals surface area contributed by atoms with E-state index >= 15 is 0 Å². The fraction of sp³-hybridized carbons (Fsp3) is 0.333. The number of benzene rings is 1. The first kappa shape index (κ1) is 7.92. The topological polar surface area (TPSA) is 20.2 Å². The Bertz CT molecular complexity index is 312. The molecule has 0 unspecified atom stereocenters. The maximum atomic E-state index is 12.8. The molecule has 0 aliphatic carbocycles. The fourth-order valence-corrected chi connectivity index (χ4v) is 2.47. The van der Waals surface area contributed by atoms with E-state index in [2.05, 4.69) is 0 Å². The predicted molar refractivity (Wildman–Crippen MR) is 47.1 cm³/mol. The van der Waals surface area contributed by atoms with Crippen molar-refractivity contribution in [1.29, 1.82) is 0 Å². The number of phenols is 1. The average molecular weight is 184 g/mol. The number of halogens is 1. The van der Waals surface area contributed by atoms with Crippen LogP contribution in [0.2, 0.25) is 0 Å². The van der Waals surface area contributed by atoms with Crippen molar-refractivity contribution in [3.8, 4) is 5.75 Å². The molecule has 0 atom stereocenters. The van der Waals surface area contributed by atoms with E-state index in [-0.39, 0.29) is 5.75 Å². The SMILES string of the molecule is Oc1c(F)ccc2c1SCCC2. The van der Waals surface area contributed by atoms with Crippen LogP contribution in [0.3, 0.4) is 0 Å². The Morgan fingerprint density at radius 2 is 2.25 bits per heavy atom. The van der Waals surface area contributed by atoms with Gasteiger partial charge in [0.15, 0.2) is 11.6 Å². The Kier molecular flexibility index (Phi) is 1.97. The minimum atomic E-state index is -0.511. The van der Waals surface area contributed by atoms with Crippen LogP contribution in [-0.2, 0) is 6.42 Å². The highest BCUT2D eigenvalue weighted by atomic mass is 32.2. The molecule has 0 spiro atoms. The van der Waals surface area contributed by atoms with Gasteiger partial charge in [-0.25, -0.2) is 4.39 Å². The lowest BCUT2D eigenvalue weighted by Gasteiger charge is -2.15. The molecule has 0 radical (unpaired) electrons. The molecule has 64 valence electrons. The molecule has 1 heterocycles. The summed E-state index contributed by atoms with van der Waals surface area (Å²) in [5.41, 5.74) is 1.07. The Labute approximate surface area is 74.6 Å². The summed E-state index contributed by atoms with van der Waals surface area (Å²) in [6.45, 7) is 0. The van der Waals surface area contributed by atoms with E-state index < -0.39 is 5.82 Å². The first-order valence-corrected chi connectivity index (χ1v) is 4.91. The van der Waals surface area contributed by atoms with Gasteiger partial charge in [0.2, 0.25) is 0 Å². The molecular weight excluding hydrogens is 175 g/mol. The van der Waals surface area contributed by atoms with Crippen LogP contribution >= 0.6 is 11.8 Å². The highest BCUT2D eigenvalue weighted by molar-refractivity contribution is 7.99. The molecule has 1 aliphatic rings. The molecule has 3 heteroatoms. The van der Waals surface area contributed by atoms with E-state index in [0.29, 0.717) is 0 Å². The van der Waals surface area contributed by atoms with Crippen molar-refractivity contribution in [3.63, 3.8) is 0 Å². The third-order valence-corrected chi connectivity index (χ3v) is 3.24. The number of hydrogen-bond donors (Lipinski definition) is 1. The van der Waals surface area contributed by atoms with Crippen molar-refractivity contribution in [2.24, 2.45) is 0 Å². The van der Waals surface area contributed by atoms with E-state index in [1.165, 1.54) is 17.8 Å². The van der Waals surface area contributed by atoms with Gasteiger partial charge in [0, 0.05) is 0 Å². The summed E-state index contributed by atoms with van der Waals surface area (Å²) < 4.78 is 12.8. The molecule has 0 saturated heterocycles. The van der Waals surface area contributed by atoms with E-state index in [0.717, 1.165) is 29.1 Å². The molecule has 12 heavy (non-hydrogen) atoms. The molecule has 0 saturated carbocycles. The summed E-state index contributed by atoms with van der Waals surface area (Å²) in [6.07, 6.45) is 2.07. The summed E-state index contributed by atoms with van der Waals surface area (Å²) in [7, 11) is 0. The van der Waals surface area contributed by atoms with Crippen molar-refractivity contribution >= 4 is 11.8 Å². The summed E-state index contributed by atoms with van der Waals surface area (Å²) >= 11 is 1.54. The second-order valence-corrected chi connectivity index (χ2v) is 3.94. The lowest BCUT2D eigenvalue weighted by molar-refractivity contribution is 0.417. The molecule has 0 fully saturated rings. The molecule has 1 aliphatic heterocycles. The van der Waals surface area contributed by atoms with Gasteiger partial charge in [0.25, 0.3) is 0 Å².